The molecule has 1 aliphatic rings. The van der Waals surface area contributed by atoms with Crippen molar-refractivity contribution in [3.05, 3.63) is 77.0 Å². The molecular formula is C24H23F6NS. The Bertz CT molecular complexity index is 1110. The normalized spacial score (nSPS) is 16.2. The lowest BCUT2D eigenvalue weighted by Crippen LogP contribution is -2.23. The smallest absolute Gasteiger partial charge is 0.218 e. The van der Waals surface area contributed by atoms with Gasteiger partial charge in [-0.2, -0.15) is 41.9 Å². The van der Waals surface area contributed by atoms with Crippen molar-refractivity contribution in [3.8, 4) is 11.3 Å². The van der Waals surface area contributed by atoms with Crippen molar-refractivity contribution in [1.82, 2.24) is 0 Å². The van der Waals surface area contributed by atoms with Gasteiger partial charge in [0.25, 0.3) is 0 Å². The summed E-state index contributed by atoms with van der Waals surface area (Å²) in [4.78, 5) is 0.948. The molecule has 0 aliphatic carbocycles. The van der Waals surface area contributed by atoms with Crippen LogP contribution >= 0.6 is 11.8 Å². The molecule has 0 atom stereocenters. The Morgan fingerprint density at radius 3 is 2.38 bits per heavy atom. The van der Waals surface area contributed by atoms with Gasteiger partial charge in [-0.15, -0.1) is 0 Å². The third-order valence-corrected chi connectivity index (χ3v) is 6.28. The molecule has 1 aliphatic heterocycles. The van der Waals surface area contributed by atoms with Crippen molar-refractivity contribution in [2.24, 2.45) is 0 Å². The van der Waals surface area contributed by atoms with E-state index in [1.54, 1.807) is 12.1 Å². The largest absolute Gasteiger partial charge is 0.417 e. The zero-order valence-corrected chi connectivity index (χ0v) is 18.3. The Labute approximate surface area is 187 Å². The maximum absolute atomic E-state index is 13.7. The first kappa shape index (κ1) is 24.3. The van der Waals surface area contributed by atoms with E-state index in [-0.39, 0.29) is 17.3 Å². The van der Waals surface area contributed by atoms with Crippen molar-refractivity contribution >= 4 is 16.7 Å². The van der Waals surface area contributed by atoms with Gasteiger partial charge >= 0.3 is 12.4 Å². The Kier molecular flexibility index (Phi) is 7.32. The van der Waals surface area contributed by atoms with Gasteiger partial charge in [0.05, 0.1) is 16.7 Å². The van der Waals surface area contributed by atoms with Crippen LogP contribution in [0.5, 0.6) is 0 Å². The third kappa shape index (κ3) is 5.52. The number of hydrogen-bond donors (Lipinski definition) is 0. The van der Waals surface area contributed by atoms with Crippen LogP contribution < -0.4 is 9.46 Å². The first-order chi connectivity index (χ1) is 15.0. The highest BCUT2D eigenvalue weighted by molar-refractivity contribution is 8.10. The van der Waals surface area contributed by atoms with E-state index < -0.39 is 23.5 Å². The lowest BCUT2D eigenvalue weighted by molar-refractivity contribution is -0.486. The maximum atomic E-state index is 13.7. The highest BCUT2D eigenvalue weighted by atomic mass is 32.2. The van der Waals surface area contributed by atoms with Gasteiger partial charge in [-0.3, -0.25) is 0 Å². The fourth-order valence-corrected chi connectivity index (χ4v) is 4.56. The van der Waals surface area contributed by atoms with Gasteiger partial charge in [0, 0.05) is 12.1 Å². The molecule has 2 aromatic rings. The van der Waals surface area contributed by atoms with Crippen LogP contribution in [0.3, 0.4) is 0 Å². The second-order valence-electron chi connectivity index (χ2n) is 7.61. The number of aromatic nitrogens is 1. The van der Waals surface area contributed by atoms with E-state index in [0.29, 0.717) is 11.3 Å². The summed E-state index contributed by atoms with van der Waals surface area (Å²) in [5, 5.41) is 0.716. The molecule has 3 rings (SSSR count). The second kappa shape index (κ2) is 9.65. The summed E-state index contributed by atoms with van der Waals surface area (Å²) in [6.45, 7) is 5.87. The highest BCUT2D eigenvalue weighted by Gasteiger charge is 2.39. The summed E-state index contributed by atoms with van der Waals surface area (Å²) in [6, 6.07) is 5.02. The van der Waals surface area contributed by atoms with Crippen LogP contribution in [0.4, 0.5) is 26.3 Å². The number of pyridine rings is 1. The van der Waals surface area contributed by atoms with E-state index in [4.69, 9.17) is 0 Å². The quantitative estimate of drug-likeness (QED) is 0.186. The lowest BCUT2D eigenvalue weighted by atomic mass is 9.99. The van der Waals surface area contributed by atoms with Crippen LogP contribution in [-0.4, -0.2) is 0 Å². The van der Waals surface area contributed by atoms with Crippen molar-refractivity contribution in [1.29, 1.82) is 0 Å². The Morgan fingerprint density at radius 2 is 1.72 bits per heavy atom. The van der Waals surface area contributed by atoms with Gasteiger partial charge in [0.1, 0.15) is 6.72 Å². The summed E-state index contributed by atoms with van der Waals surface area (Å²) in [5.41, 5.74) is -1.82. The summed E-state index contributed by atoms with van der Waals surface area (Å²) in [6.07, 6.45) is -1.03. The minimum absolute atomic E-state index is 0.0916. The van der Waals surface area contributed by atoms with Gasteiger partial charge < -0.3 is 0 Å². The fraction of sp³-hybridized carbons (Fsp3) is 0.333. The van der Waals surface area contributed by atoms with E-state index in [1.807, 2.05) is 11.8 Å². The van der Waals surface area contributed by atoms with Crippen LogP contribution in [0.25, 0.3) is 16.2 Å². The predicted molar refractivity (Wildman–Crippen MR) is 115 cm³/mol. The van der Waals surface area contributed by atoms with Gasteiger partial charge in [0.2, 0.25) is 5.69 Å². The summed E-state index contributed by atoms with van der Waals surface area (Å²) in [7, 11) is 0. The molecule has 172 valence electrons. The maximum Gasteiger partial charge on any atom is 0.417 e. The highest BCUT2D eigenvalue weighted by Crippen LogP contribution is 2.41. The van der Waals surface area contributed by atoms with E-state index >= 15 is 0 Å². The average Bonchev–Trinajstić information content (AvgIpc) is 3.18. The molecule has 0 bridgehead atoms. The summed E-state index contributed by atoms with van der Waals surface area (Å²) < 4.78 is 81.4. The number of rotatable bonds is 6. The zero-order valence-electron chi connectivity index (χ0n) is 17.5. The Balaban J connectivity index is 2.10. The van der Waals surface area contributed by atoms with Gasteiger partial charge in [-0.25, -0.2) is 17.8 Å². The molecule has 2 heterocycles. The molecule has 0 unspecified atom stereocenters. The van der Waals surface area contributed by atoms with Gasteiger partial charge in [-0.05, 0) is 23.4 Å². The molecule has 0 N–H and O–H groups in total. The SMILES string of the molecule is C=[n+]1ccc(=C2S[CH-]C=C2CCCCCC)cc1-c1ccc(C(F)(F)F)cc1C(F)(F)F. The molecule has 0 amide bonds. The first-order valence-electron chi connectivity index (χ1n) is 10.2. The molecule has 1 nitrogen and oxygen atoms in total. The second-order valence-corrected chi connectivity index (χ2v) is 8.53. The van der Waals surface area contributed by atoms with Crippen LogP contribution in [0.2, 0.25) is 0 Å². The zero-order chi connectivity index (χ0) is 23.5. The van der Waals surface area contributed by atoms with E-state index in [1.165, 1.54) is 22.2 Å². The molecule has 1 aromatic heterocycles. The predicted octanol–water partition coefficient (Wildman–Crippen LogP) is 7.23. The van der Waals surface area contributed by atoms with Crippen LogP contribution in [0.15, 0.2) is 48.2 Å². The van der Waals surface area contributed by atoms with Crippen molar-refractivity contribution in [3.63, 3.8) is 0 Å². The van der Waals surface area contributed by atoms with E-state index in [0.717, 1.165) is 48.6 Å². The summed E-state index contributed by atoms with van der Waals surface area (Å²) in [5.74, 6) is 1.94. The monoisotopic (exact) mass is 471 g/mol. The number of halogens is 6. The van der Waals surface area contributed by atoms with Crippen molar-refractivity contribution in [2.45, 2.75) is 51.4 Å². The van der Waals surface area contributed by atoms with Crippen LogP contribution in [0, 0.1) is 12.5 Å². The summed E-state index contributed by atoms with van der Waals surface area (Å²) >= 11 is 1.49. The molecule has 1 aromatic carbocycles. The lowest BCUT2D eigenvalue weighted by Gasteiger charge is -2.15. The number of unbranched alkanes of at least 4 members (excludes halogenated alkanes) is 3. The molecule has 32 heavy (non-hydrogen) atoms. The minimum atomic E-state index is -4.95. The van der Waals surface area contributed by atoms with Crippen LogP contribution in [0.1, 0.15) is 50.2 Å². The first-order valence-corrected chi connectivity index (χ1v) is 11.1. The molecule has 0 saturated carbocycles. The molecule has 8 heteroatoms. The number of hydrogen-bond acceptors (Lipinski definition) is 1. The molecule has 0 fully saturated rings. The number of benzene rings is 1. The Hall–Kier alpha value is -2.35. The topological polar surface area (TPSA) is 5.90 Å². The fourth-order valence-electron chi connectivity index (χ4n) is 3.61. The van der Waals surface area contributed by atoms with E-state index in [2.05, 4.69) is 13.6 Å². The van der Waals surface area contributed by atoms with Crippen LogP contribution in [-0.2, 0) is 12.4 Å². The Morgan fingerprint density at radius 1 is 0.969 bits per heavy atom. The number of thioether (sulfide) groups is 1. The number of alkyl halides is 6. The van der Waals surface area contributed by atoms with Gasteiger partial charge in [-0.1, -0.05) is 43.9 Å². The minimum Gasteiger partial charge on any atom is -0.218 e. The molecule has 0 saturated heterocycles. The molecule has 0 radical (unpaired) electrons. The van der Waals surface area contributed by atoms with E-state index in [9.17, 15) is 26.3 Å². The molecule has 0 spiro atoms. The number of nitrogens with zero attached hydrogens (tertiary/aromatic N) is 1. The van der Waals surface area contributed by atoms with Crippen molar-refractivity contribution in [2.75, 3.05) is 0 Å². The third-order valence-electron chi connectivity index (χ3n) is 5.27. The molecular weight excluding hydrogens is 448 g/mol. The van der Waals surface area contributed by atoms with Gasteiger partial charge in [0.15, 0.2) is 6.20 Å². The standard InChI is InChI=1S/C24H23F6NS/c1-3-4-5-6-7-16-11-13-32-22(16)17-10-12-31(2)21(14-17)19-9-8-18(23(25,26)27)15-20(19)24(28,29)30/h8-15H,2-7H2,1H3. The van der Waals surface area contributed by atoms with Crippen molar-refractivity contribution < 1.29 is 30.6 Å². The average molecular weight is 472 g/mol.